The molecule has 1 aliphatic heterocycles. The van der Waals surface area contributed by atoms with Gasteiger partial charge in [0.1, 0.15) is 11.5 Å². The number of hydrogen-bond donors (Lipinski definition) is 0. The Balaban J connectivity index is 2.30. The van der Waals surface area contributed by atoms with Gasteiger partial charge in [-0.15, -0.1) is 0 Å². The van der Waals surface area contributed by atoms with Gasteiger partial charge in [0.15, 0.2) is 0 Å². The third-order valence-corrected chi connectivity index (χ3v) is 2.02. The lowest BCUT2D eigenvalue weighted by molar-refractivity contribution is 0.0796. The van der Waals surface area contributed by atoms with Gasteiger partial charge in [0.05, 0.1) is 5.56 Å². The molecule has 0 spiro atoms. The van der Waals surface area contributed by atoms with Crippen LogP contribution in [0.15, 0.2) is 18.2 Å². The van der Waals surface area contributed by atoms with Crippen LogP contribution in [0.4, 0.5) is 0 Å². The molecule has 0 bridgehead atoms. The summed E-state index contributed by atoms with van der Waals surface area (Å²) in [5, 5.41) is 0. The summed E-state index contributed by atoms with van der Waals surface area (Å²) < 4.78 is 10.5. The van der Waals surface area contributed by atoms with Crippen LogP contribution >= 0.6 is 0 Å². The smallest absolute Gasteiger partial charge is 0.230 e. The first-order valence-electron chi connectivity index (χ1n) is 3.56. The van der Waals surface area contributed by atoms with E-state index in [1.807, 2.05) is 18.2 Å². The molecule has 0 N–H and O–H groups in total. The predicted octanol–water partition coefficient (Wildman–Crippen LogP) is 1.86. The molecule has 1 aliphatic carbocycles. The molecule has 0 amide bonds. The van der Waals surface area contributed by atoms with Crippen LogP contribution in [0.25, 0.3) is 11.8 Å². The zero-order chi connectivity index (χ0) is 7.26. The first kappa shape index (κ1) is 5.24. The van der Waals surface area contributed by atoms with Gasteiger partial charge in [-0.25, -0.2) is 0 Å². The quantitative estimate of drug-likeness (QED) is 0.556. The topological polar surface area (TPSA) is 18.5 Å². The van der Waals surface area contributed by atoms with Crippen molar-refractivity contribution in [2.75, 3.05) is 6.79 Å². The Hall–Kier alpha value is -1.44. The fourth-order valence-electron chi connectivity index (χ4n) is 1.46. The Kier molecular flexibility index (Phi) is 0.756. The molecule has 0 saturated carbocycles. The third-order valence-electron chi connectivity index (χ3n) is 2.02. The zero-order valence-corrected chi connectivity index (χ0v) is 5.83. The van der Waals surface area contributed by atoms with E-state index in [0.29, 0.717) is 6.79 Å². The molecule has 2 nitrogen and oxygen atoms in total. The van der Waals surface area contributed by atoms with Gasteiger partial charge in [0.2, 0.25) is 6.79 Å². The largest absolute Gasteiger partial charge is 0.457 e. The standard InChI is InChI=1S/C9H6O2/c1-2-6-4-8-9(6)7(3-1)10-5-11-8/h1-4H,5H2. The maximum Gasteiger partial charge on any atom is 0.230 e. The molecule has 2 aliphatic rings. The van der Waals surface area contributed by atoms with Gasteiger partial charge in [-0.2, -0.15) is 0 Å². The van der Waals surface area contributed by atoms with Crippen molar-refractivity contribution in [3.8, 4) is 5.75 Å². The average Bonchev–Trinajstić information content (AvgIpc) is 2.01. The van der Waals surface area contributed by atoms with Gasteiger partial charge in [0, 0.05) is 0 Å². The van der Waals surface area contributed by atoms with E-state index in [4.69, 9.17) is 9.47 Å². The third kappa shape index (κ3) is 0.522. The molecule has 0 fully saturated rings. The maximum atomic E-state index is 5.27. The SMILES string of the molecule is C1=C2OCOc3cccc1c32. The highest BCUT2D eigenvalue weighted by Crippen LogP contribution is 2.42. The molecule has 1 aromatic carbocycles. The molecule has 0 aromatic heterocycles. The van der Waals surface area contributed by atoms with E-state index in [-0.39, 0.29) is 0 Å². The van der Waals surface area contributed by atoms with E-state index < -0.39 is 0 Å². The molecule has 3 rings (SSSR count). The molecule has 1 aromatic rings. The zero-order valence-electron chi connectivity index (χ0n) is 5.83. The van der Waals surface area contributed by atoms with Crippen molar-refractivity contribution < 1.29 is 9.47 Å². The molecular weight excluding hydrogens is 140 g/mol. The van der Waals surface area contributed by atoms with E-state index in [1.54, 1.807) is 0 Å². The van der Waals surface area contributed by atoms with Gasteiger partial charge in [-0.05, 0) is 17.7 Å². The van der Waals surface area contributed by atoms with E-state index >= 15 is 0 Å². The van der Waals surface area contributed by atoms with Gasteiger partial charge in [-0.3, -0.25) is 0 Å². The average molecular weight is 146 g/mol. The number of hydrogen-bond acceptors (Lipinski definition) is 2. The maximum absolute atomic E-state index is 5.27. The first-order valence-corrected chi connectivity index (χ1v) is 3.56. The van der Waals surface area contributed by atoms with E-state index in [9.17, 15) is 0 Å². The van der Waals surface area contributed by atoms with Crippen LogP contribution in [0.3, 0.4) is 0 Å². The van der Waals surface area contributed by atoms with E-state index in [2.05, 4.69) is 6.07 Å². The molecule has 54 valence electrons. The summed E-state index contributed by atoms with van der Waals surface area (Å²) in [6.45, 7) is 0.349. The fraction of sp³-hybridized carbons (Fsp3) is 0.111. The van der Waals surface area contributed by atoms with Gasteiger partial charge < -0.3 is 9.47 Å². The molecule has 0 unspecified atom stereocenters. The first-order chi connectivity index (χ1) is 5.45. The summed E-state index contributed by atoms with van der Waals surface area (Å²) in [4.78, 5) is 0. The highest BCUT2D eigenvalue weighted by molar-refractivity contribution is 5.95. The molecule has 0 saturated heterocycles. The summed E-state index contributed by atoms with van der Waals surface area (Å²) in [6.07, 6.45) is 2.03. The molecule has 0 atom stereocenters. The minimum atomic E-state index is 0.349. The highest BCUT2D eigenvalue weighted by atomic mass is 16.7. The van der Waals surface area contributed by atoms with Crippen LogP contribution in [-0.4, -0.2) is 6.79 Å². The van der Waals surface area contributed by atoms with Gasteiger partial charge in [-0.1, -0.05) is 12.1 Å². The molecule has 1 heterocycles. The van der Waals surface area contributed by atoms with Crippen LogP contribution in [0.1, 0.15) is 11.1 Å². The monoisotopic (exact) mass is 146 g/mol. The summed E-state index contributed by atoms with van der Waals surface area (Å²) in [6, 6.07) is 6.02. The van der Waals surface area contributed by atoms with Crippen LogP contribution in [0, 0.1) is 0 Å². The predicted molar refractivity (Wildman–Crippen MR) is 40.9 cm³/mol. The Bertz CT molecular complexity index is 353. The van der Waals surface area contributed by atoms with Crippen LogP contribution in [0.5, 0.6) is 5.75 Å². The number of rotatable bonds is 0. The van der Waals surface area contributed by atoms with Crippen LogP contribution in [-0.2, 0) is 4.74 Å². The molecule has 11 heavy (non-hydrogen) atoms. The summed E-state index contributed by atoms with van der Waals surface area (Å²) in [5.41, 5.74) is 2.36. The Morgan fingerprint density at radius 3 is 3.09 bits per heavy atom. The highest BCUT2D eigenvalue weighted by Gasteiger charge is 2.25. The lowest BCUT2D eigenvalue weighted by Gasteiger charge is -2.27. The Morgan fingerprint density at radius 2 is 2.18 bits per heavy atom. The summed E-state index contributed by atoms with van der Waals surface area (Å²) in [5.74, 6) is 1.92. The van der Waals surface area contributed by atoms with Crippen molar-refractivity contribution >= 4 is 11.8 Å². The van der Waals surface area contributed by atoms with Crippen molar-refractivity contribution in [3.05, 3.63) is 29.3 Å². The summed E-state index contributed by atoms with van der Waals surface area (Å²) in [7, 11) is 0. The van der Waals surface area contributed by atoms with E-state index in [0.717, 1.165) is 17.1 Å². The second-order valence-corrected chi connectivity index (χ2v) is 2.64. The molecular formula is C9H6O2. The van der Waals surface area contributed by atoms with Crippen molar-refractivity contribution in [2.45, 2.75) is 0 Å². The molecule has 0 radical (unpaired) electrons. The summed E-state index contributed by atoms with van der Waals surface area (Å²) >= 11 is 0. The molecule has 2 heteroatoms. The number of ether oxygens (including phenoxy) is 2. The van der Waals surface area contributed by atoms with E-state index in [1.165, 1.54) is 5.56 Å². The Labute approximate surface area is 64.1 Å². The van der Waals surface area contributed by atoms with Crippen molar-refractivity contribution in [1.82, 2.24) is 0 Å². The Morgan fingerprint density at radius 1 is 1.18 bits per heavy atom. The minimum Gasteiger partial charge on any atom is -0.457 e. The normalized spacial score (nSPS) is 16.9. The van der Waals surface area contributed by atoms with Crippen molar-refractivity contribution in [3.63, 3.8) is 0 Å². The van der Waals surface area contributed by atoms with Crippen LogP contribution < -0.4 is 4.74 Å². The second kappa shape index (κ2) is 1.59. The second-order valence-electron chi connectivity index (χ2n) is 2.64. The van der Waals surface area contributed by atoms with Gasteiger partial charge >= 0.3 is 0 Å². The minimum absolute atomic E-state index is 0.349. The van der Waals surface area contributed by atoms with Crippen molar-refractivity contribution in [2.24, 2.45) is 0 Å². The fourth-order valence-corrected chi connectivity index (χ4v) is 1.46. The van der Waals surface area contributed by atoms with Gasteiger partial charge in [0.25, 0.3) is 0 Å². The lowest BCUT2D eigenvalue weighted by Crippen LogP contribution is -2.15. The van der Waals surface area contributed by atoms with Crippen molar-refractivity contribution in [1.29, 1.82) is 0 Å². The van der Waals surface area contributed by atoms with Crippen LogP contribution in [0.2, 0.25) is 0 Å². The number of benzene rings is 1. The lowest BCUT2D eigenvalue weighted by atomic mass is 9.94.